The summed E-state index contributed by atoms with van der Waals surface area (Å²) in [6.07, 6.45) is 5.53. The van der Waals surface area contributed by atoms with Crippen LogP contribution >= 0.6 is 0 Å². The zero-order chi connectivity index (χ0) is 5.70. The Bertz CT molecular complexity index is 92.7. The van der Waals surface area contributed by atoms with E-state index in [-0.39, 0.29) is 0 Å². The molecule has 0 bridgehead atoms. The van der Waals surface area contributed by atoms with Crippen LogP contribution in [0.5, 0.6) is 0 Å². The first-order chi connectivity index (χ1) is 3.35. The molecule has 1 N–H and O–H groups in total. The highest BCUT2D eigenvalue weighted by molar-refractivity contribution is 5.62. The molecule has 0 aliphatic carbocycles. The van der Waals surface area contributed by atoms with E-state index in [4.69, 9.17) is 6.42 Å². The van der Waals surface area contributed by atoms with Crippen molar-refractivity contribution in [3.63, 3.8) is 0 Å². The Labute approximate surface area is 42.9 Å². The van der Waals surface area contributed by atoms with Crippen molar-refractivity contribution in [2.75, 3.05) is 7.05 Å². The smallest absolute Gasteiger partial charge is 0.149 e. The summed E-state index contributed by atoms with van der Waals surface area (Å²) in [6, 6.07) is -0.417. The van der Waals surface area contributed by atoms with E-state index in [1.165, 1.54) is 0 Å². The fourth-order valence-electron chi connectivity index (χ4n) is 0.191. The Morgan fingerprint density at radius 2 is 2.57 bits per heavy atom. The number of hydrogen-bond donors (Lipinski definition) is 1. The van der Waals surface area contributed by atoms with Crippen molar-refractivity contribution in [3.8, 4) is 12.3 Å². The molecule has 2 nitrogen and oxygen atoms in total. The largest absolute Gasteiger partial charge is 0.301 e. The summed E-state index contributed by atoms with van der Waals surface area (Å²) in [6.45, 7) is 0. The van der Waals surface area contributed by atoms with Gasteiger partial charge in [0.25, 0.3) is 0 Å². The van der Waals surface area contributed by atoms with Crippen LogP contribution in [0.2, 0.25) is 0 Å². The van der Waals surface area contributed by atoms with Crippen molar-refractivity contribution in [1.82, 2.24) is 5.32 Å². The molecule has 0 saturated heterocycles. The number of hydrogen-bond acceptors (Lipinski definition) is 2. The number of terminal acetylenes is 1. The number of aldehydes is 1. The predicted octanol–water partition coefficient (Wildman–Crippen LogP) is -0.594. The lowest BCUT2D eigenvalue weighted by Gasteiger charge is -1.93. The number of carbonyl (C=O) groups excluding carboxylic acids is 1. The van der Waals surface area contributed by atoms with Gasteiger partial charge in [-0.05, 0) is 7.05 Å². The van der Waals surface area contributed by atoms with Gasteiger partial charge in [0, 0.05) is 0 Å². The lowest BCUT2D eigenvalue weighted by atomic mass is 10.4. The molecule has 0 aliphatic heterocycles. The van der Waals surface area contributed by atoms with Crippen LogP contribution in [-0.4, -0.2) is 19.4 Å². The van der Waals surface area contributed by atoms with E-state index in [1.54, 1.807) is 7.05 Å². The molecule has 1 atom stereocenters. The van der Waals surface area contributed by atoms with Crippen molar-refractivity contribution in [1.29, 1.82) is 0 Å². The van der Waals surface area contributed by atoms with E-state index in [2.05, 4.69) is 11.2 Å². The fourth-order valence-corrected chi connectivity index (χ4v) is 0.191. The van der Waals surface area contributed by atoms with Gasteiger partial charge >= 0.3 is 0 Å². The van der Waals surface area contributed by atoms with Gasteiger partial charge in [0.2, 0.25) is 0 Å². The van der Waals surface area contributed by atoms with Gasteiger partial charge in [-0.1, -0.05) is 5.92 Å². The Kier molecular flexibility index (Phi) is 2.99. The van der Waals surface area contributed by atoms with Gasteiger partial charge < -0.3 is 10.1 Å². The first-order valence-electron chi connectivity index (χ1n) is 1.94. The molecule has 0 unspecified atom stereocenters. The molecular weight excluding hydrogens is 90.1 g/mol. The second-order valence-electron chi connectivity index (χ2n) is 1.07. The Morgan fingerprint density at radius 1 is 2.00 bits per heavy atom. The fraction of sp³-hybridized carbons (Fsp3) is 0.400. The monoisotopic (exact) mass is 97.1 g/mol. The minimum absolute atomic E-state index is 0.417. The first kappa shape index (κ1) is 6.19. The maximum atomic E-state index is 9.76. The van der Waals surface area contributed by atoms with E-state index in [1.807, 2.05) is 0 Å². The quantitative estimate of drug-likeness (QED) is 0.368. The third-order valence-electron chi connectivity index (χ3n) is 0.627. The second kappa shape index (κ2) is 3.38. The van der Waals surface area contributed by atoms with Crippen LogP contribution in [0, 0.1) is 12.3 Å². The van der Waals surface area contributed by atoms with Crippen LogP contribution in [0.3, 0.4) is 0 Å². The molecule has 0 saturated carbocycles. The average molecular weight is 97.1 g/mol. The topological polar surface area (TPSA) is 29.1 Å². The molecule has 38 valence electrons. The molecule has 7 heavy (non-hydrogen) atoms. The molecule has 0 spiro atoms. The predicted molar refractivity (Wildman–Crippen MR) is 27.7 cm³/mol. The summed E-state index contributed by atoms with van der Waals surface area (Å²) in [4.78, 5) is 9.76. The summed E-state index contributed by atoms with van der Waals surface area (Å²) in [5, 5.41) is 2.60. The van der Waals surface area contributed by atoms with Gasteiger partial charge in [0.15, 0.2) is 0 Å². The van der Waals surface area contributed by atoms with Crippen LogP contribution in [0.1, 0.15) is 0 Å². The molecule has 0 aromatic rings. The van der Waals surface area contributed by atoms with Crippen molar-refractivity contribution in [2.45, 2.75) is 6.04 Å². The van der Waals surface area contributed by atoms with Gasteiger partial charge in [-0.25, -0.2) is 0 Å². The van der Waals surface area contributed by atoms with Crippen molar-refractivity contribution in [3.05, 3.63) is 0 Å². The van der Waals surface area contributed by atoms with E-state index in [0.29, 0.717) is 6.29 Å². The van der Waals surface area contributed by atoms with Gasteiger partial charge in [0.05, 0.1) is 0 Å². The molecule has 0 heterocycles. The Morgan fingerprint density at radius 3 is 2.57 bits per heavy atom. The lowest BCUT2D eigenvalue weighted by Crippen LogP contribution is -2.23. The SMILES string of the molecule is C#C[C@@H](C=O)NC. The molecule has 2 heteroatoms. The summed E-state index contributed by atoms with van der Waals surface area (Å²) < 4.78 is 0. The Hall–Kier alpha value is -0.810. The molecule has 0 rings (SSSR count). The van der Waals surface area contributed by atoms with Gasteiger partial charge in [-0.3, -0.25) is 0 Å². The molecule has 0 fully saturated rings. The van der Waals surface area contributed by atoms with Crippen LogP contribution in [0.15, 0.2) is 0 Å². The van der Waals surface area contributed by atoms with E-state index in [9.17, 15) is 4.79 Å². The number of nitrogens with one attached hydrogen (secondary N) is 1. The highest BCUT2D eigenvalue weighted by atomic mass is 16.1. The molecule has 0 aliphatic rings. The molecule has 0 radical (unpaired) electrons. The first-order valence-corrected chi connectivity index (χ1v) is 1.94. The lowest BCUT2D eigenvalue weighted by molar-refractivity contribution is -0.108. The van der Waals surface area contributed by atoms with Crippen LogP contribution in [-0.2, 0) is 4.79 Å². The normalized spacial score (nSPS) is 12.0. The van der Waals surface area contributed by atoms with Crippen molar-refractivity contribution >= 4 is 6.29 Å². The maximum Gasteiger partial charge on any atom is 0.149 e. The average Bonchev–Trinajstić information content (AvgIpc) is 1.72. The third kappa shape index (κ3) is 1.96. The van der Waals surface area contributed by atoms with Gasteiger partial charge in [-0.2, -0.15) is 0 Å². The maximum absolute atomic E-state index is 9.76. The zero-order valence-electron chi connectivity index (χ0n) is 4.14. The minimum atomic E-state index is -0.417. The second-order valence-corrected chi connectivity index (χ2v) is 1.07. The number of carbonyl (C=O) groups is 1. The van der Waals surface area contributed by atoms with Gasteiger partial charge in [-0.15, -0.1) is 6.42 Å². The van der Waals surface area contributed by atoms with E-state index >= 15 is 0 Å². The van der Waals surface area contributed by atoms with Crippen LogP contribution < -0.4 is 5.32 Å². The molecular formula is C5H7NO. The van der Waals surface area contributed by atoms with Crippen LogP contribution in [0.25, 0.3) is 0 Å². The molecule has 0 amide bonds. The molecule has 0 aromatic carbocycles. The summed E-state index contributed by atoms with van der Waals surface area (Å²) in [7, 11) is 1.64. The van der Waals surface area contributed by atoms with Crippen molar-refractivity contribution in [2.24, 2.45) is 0 Å². The highest BCUT2D eigenvalue weighted by Crippen LogP contribution is 1.65. The third-order valence-corrected chi connectivity index (χ3v) is 0.627. The summed E-state index contributed by atoms with van der Waals surface area (Å²) in [5.74, 6) is 2.22. The highest BCUT2D eigenvalue weighted by Gasteiger charge is 1.91. The van der Waals surface area contributed by atoms with E-state index < -0.39 is 6.04 Å². The van der Waals surface area contributed by atoms with E-state index in [0.717, 1.165) is 0 Å². The number of likely N-dealkylation sites (N-methyl/N-ethyl adjacent to an activating group) is 1. The van der Waals surface area contributed by atoms with Crippen molar-refractivity contribution < 1.29 is 4.79 Å². The van der Waals surface area contributed by atoms with Crippen LogP contribution in [0.4, 0.5) is 0 Å². The summed E-state index contributed by atoms with van der Waals surface area (Å²) >= 11 is 0. The standard InChI is InChI=1S/C5H7NO/c1-3-5(4-7)6-2/h1,4-6H,2H3/t5-/m0/s1. The minimum Gasteiger partial charge on any atom is -0.301 e. The Balaban J connectivity index is 3.43. The van der Waals surface area contributed by atoms with Gasteiger partial charge in [0.1, 0.15) is 12.3 Å². The summed E-state index contributed by atoms with van der Waals surface area (Å²) in [5.41, 5.74) is 0. The zero-order valence-corrected chi connectivity index (χ0v) is 4.14. The number of rotatable bonds is 2. The molecule has 0 aromatic heterocycles.